The Balaban J connectivity index is 1.41. The molecule has 1 fully saturated rings. The second-order valence-electron chi connectivity index (χ2n) is 7.88. The molecule has 3 atom stereocenters. The fourth-order valence-corrected chi connectivity index (χ4v) is 4.90. The van der Waals surface area contributed by atoms with Crippen LogP contribution >= 0.6 is 0 Å². The van der Waals surface area contributed by atoms with E-state index >= 15 is 0 Å². The molecule has 1 aliphatic heterocycles. The minimum absolute atomic E-state index is 0.409. The minimum Gasteiger partial charge on any atom is -0.377 e. The number of nitrogens with zero attached hydrogens (tertiary/aromatic N) is 6. The molecule has 1 saturated carbocycles. The van der Waals surface area contributed by atoms with Crippen molar-refractivity contribution in [3.05, 3.63) is 24.3 Å². The first-order valence-electron chi connectivity index (χ1n) is 10.0. The standard InChI is InChI=1S/C20H25N7O/c1-3-13-6-12(7-14-9-22-17(24-14)11-28-2)8-15(13)20-26-25-18-10-23-19-16(27(18)20)4-5-21-19/h4-5,10,12-13,15,21H,3,6-9,11H2,1-2H3/t12-,13-,15+/m1/s1. The smallest absolute Gasteiger partial charge is 0.179 e. The van der Waals surface area contributed by atoms with Crippen LogP contribution in [0, 0.1) is 11.8 Å². The van der Waals surface area contributed by atoms with Crippen molar-refractivity contribution in [1.82, 2.24) is 24.6 Å². The van der Waals surface area contributed by atoms with Crippen LogP contribution in [0.3, 0.4) is 0 Å². The number of rotatable bonds is 6. The highest BCUT2D eigenvalue weighted by Gasteiger charge is 2.37. The molecule has 28 heavy (non-hydrogen) atoms. The molecule has 0 amide bonds. The van der Waals surface area contributed by atoms with Crippen LogP contribution in [0.2, 0.25) is 0 Å². The van der Waals surface area contributed by atoms with E-state index in [1.807, 2.05) is 6.20 Å². The molecule has 1 N–H and O–H groups in total. The van der Waals surface area contributed by atoms with E-state index in [0.29, 0.717) is 24.4 Å². The van der Waals surface area contributed by atoms with Gasteiger partial charge in [-0.25, -0.2) is 9.98 Å². The Hall–Kier alpha value is -2.61. The Morgan fingerprint density at radius 2 is 2.21 bits per heavy atom. The third-order valence-corrected chi connectivity index (χ3v) is 6.14. The van der Waals surface area contributed by atoms with Crippen LogP contribution in [0.5, 0.6) is 0 Å². The summed E-state index contributed by atoms with van der Waals surface area (Å²) in [5, 5.41) is 9.00. The van der Waals surface area contributed by atoms with E-state index in [1.54, 1.807) is 13.3 Å². The summed E-state index contributed by atoms with van der Waals surface area (Å²) in [7, 11) is 1.68. The summed E-state index contributed by atoms with van der Waals surface area (Å²) in [4.78, 5) is 16.8. The summed E-state index contributed by atoms with van der Waals surface area (Å²) < 4.78 is 7.33. The van der Waals surface area contributed by atoms with Gasteiger partial charge in [-0.05, 0) is 37.2 Å². The van der Waals surface area contributed by atoms with Crippen LogP contribution in [0.15, 0.2) is 28.4 Å². The summed E-state index contributed by atoms with van der Waals surface area (Å²) in [6.45, 7) is 3.50. The molecule has 8 nitrogen and oxygen atoms in total. The number of nitrogens with one attached hydrogen (secondary N) is 1. The lowest BCUT2D eigenvalue weighted by Gasteiger charge is -2.16. The van der Waals surface area contributed by atoms with Gasteiger partial charge in [0.2, 0.25) is 0 Å². The van der Waals surface area contributed by atoms with E-state index in [0.717, 1.165) is 54.3 Å². The van der Waals surface area contributed by atoms with Crippen molar-refractivity contribution in [2.75, 3.05) is 20.3 Å². The number of aromatic nitrogens is 5. The zero-order valence-corrected chi connectivity index (χ0v) is 16.3. The lowest BCUT2D eigenvalue weighted by molar-refractivity contribution is 0.244. The highest BCUT2D eigenvalue weighted by molar-refractivity contribution is 6.04. The molecule has 8 heteroatoms. The zero-order chi connectivity index (χ0) is 19.1. The highest BCUT2D eigenvalue weighted by Crippen LogP contribution is 2.46. The molecule has 5 rings (SSSR count). The first kappa shape index (κ1) is 17.5. The van der Waals surface area contributed by atoms with Crippen LogP contribution in [0.1, 0.15) is 44.3 Å². The van der Waals surface area contributed by atoms with Gasteiger partial charge >= 0.3 is 0 Å². The molecule has 4 heterocycles. The maximum atomic E-state index is 5.15. The summed E-state index contributed by atoms with van der Waals surface area (Å²) in [5.41, 5.74) is 3.93. The summed E-state index contributed by atoms with van der Waals surface area (Å²) in [5.74, 6) is 3.53. The third-order valence-electron chi connectivity index (χ3n) is 6.14. The van der Waals surface area contributed by atoms with Gasteiger partial charge in [0, 0.05) is 24.9 Å². The van der Waals surface area contributed by atoms with Crippen molar-refractivity contribution in [3.8, 4) is 0 Å². The molecule has 146 valence electrons. The predicted octanol–water partition coefficient (Wildman–Crippen LogP) is 3.02. The summed E-state index contributed by atoms with van der Waals surface area (Å²) in [6.07, 6.45) is 8.20. The average Bonchev–Trinajstić information content (AvgIpc) is 3.47. The molecule has 3 aromatic heterocycles. The number of fused-ring (bicyclic) bond motifs is 3. The molecular formula is C20H25N7O. The zero-order valence-electron chi connectivity index (χ0n) is 16.3. The first-order valence-corrected chi connectivity index (χ1v) is 10.0. The topological polar surface area (TPSA) is 92.8 Å². The molecule has 0 aromatic carbocycles. The Kier molecular flexibility index (Phi) is 4.43. The van der Waals surface area contributed by atoms with E-state index in [2.05, 4.69) is 47.5 Å². The number of aromatic amines is 1. The normalized spacial score (nSPS) is 25.0. The molecule has 0 spiro atoms. The van der Waals surface area contributed by atoms with Gasteiger partial charge in [0.15, 0.2) is 11.3 Å². The third kappa shape index (κ3) is 2.92. The van der Waals surface area contributed by atoms with Gasteiger partial charge < -0.3 is 9.72 Å². The van der Waals surface area contributed by atoms with Gasteiger partial charge in [0.25, 0.3) is 0 Å². The SMILES string of the molecule is CC[C@@H]1C[C@H](CC2=NC(COC)=NC2)C[C@@H]1c1nnc2cnc3[nH]ccc3n12. The molecule has 0 saturated heterocycles. The van der Waals surface area contributed by atoms with Gasteiger partial charge in [-0.3, -0.25) is 9.39 Å². The van der Waals surface area contributed by atoms with E-state index in [1.165, 1.54) is 12.1 Å². The molecular weight excluding hydrogens is 354 g/mol. The van der Waals surface area contributed by atoms with Crippen molar-refractivity contribution in [1.29, 1.82) is 0 Å². The lowest BCUT2D eigenvalue weighted by atomic mass is 9.93. The summed E-state index contributed by atoms with van der Waals surface area (Å²) in [6, 6.07) is 2.05. The molecule has 0 bridgehead atoms. The van der Waals surface area contributed by atoms with Gasteiger partial charge in [-0.2, -0.15) is 0 Å². The van der Waals surface area contributed by atoms with E-state index < -0.39 is 0 Å². The molecule has 3 aromatic rings. The Bertz CT molecular complexity index is 1060. The van der Waals surface area contributed by atoms with Gasteiger partial charge in [-0.1, -0.05) is 13.3 Å². The first-order chi connectivity index (χ1) is 13.8. The number of aliphatic imine (C=N–C) groups is 2. The number of amidine groups is 1. The number of hydrogen-bond acceptors (Lipinski definition) is 6. The largest absolute Gasteiger partial charge is 0.377 e. The lowest BCUT2D eigenvalue weighted by Crippen LogP contribution is -2.10. The van der Waals surface area contributed by atoms with Crippen molar-refractivity contribution in [3.63, 3.8) is 0 Å². The molecule has 1 aliphatic carbocycles. The maximum Gasteiger partial charge on any atom is 0.179 e. The van der Waals surface area contributed by atoms with Gasteiger partial charge in [-0.15, -0.1) is 10.2 Å². The second-order valence-corrected chi connectivity index (χ2v) is 7.88. The molecule has 0 unspecified atom stereocenters. The van der Waals surface area contributed by atoms with Gasteiger partial charge in [0.1, 0.15) is 18.3 Å². The minimum atomic E-state index is 0.409. The Morgan fingerprint density at radius 1 is 1.29 bits per heavy atom. The maximum absolute atomic E-state index is 5.15. The van der Waals surface area contributed by atoms with Crippen molar-refractivity contribution in [2.24, 2.45) is 21.8 Å². The van der Waals surface area contributed by atoms with E-state index in [4.69, 9.17) is 4.74 Å². The highest BCUT2D eigenvalue weighted by atomic mass is 16.5. The number of methoxy groups -OCH3 is 1. The Labute approximate surface area is 163 Å². The Morgan fingerprint density at radius 3 is 3.07 bits per heavy atom. The van der Waals surface area contributed by atoms with Crippen LogP contribution in [-0.4, -0.2) is 56.4 Å². The number of ether oxygens (including phenoxy) is 1. The monoisotopic (exact) mass is 379 g/mol. The fraction of sp³-hybridized carbons (Fsp3) is 0.550. The number of H-pyrrole nitrogens is 1. The van der Waals surface area contributed by atoms with Crippen LogP contribution in [0.4, 0.5) is 0 Å². The average molecular weight is 379 g/mol. The quantitative estimate of drug-likeness (QED) is 0.712. The van der Waals surface area contributed by atoms with Crippen LogP contribution in [-0.2, 0) is 4.74 Å². The van der Waals surface area contributed by atoms with Crippen molar-refractivity contribution < 1.29 is 4.74 Å². The predicted molar refractivity (Wildman–Crippen MR) is 108 cm³/mol. The van der Waals surface area contributed by atoms with E-state index in [9.17, 15) is 0 Å². The fourth-order valence-electron chi connectivity index (χ4n) is 4.90. The summed E-state index contributed by atoms with van der Waals surface area (Å²) >= 11 is 0. The van der Waals surface area contributed by atoms with Crippen molar-refractivity contribution >= 4 is 28.4 Å². The second kappa shape index (κ2) is 7.09. The van der Waals surface area contributed by atoms with Gasteiger partial charge in [0.05, 0.1) is 18.3 Å². The van der Waals surface area contributed by atoms with E-state index in [-0.39, 0.29) is 0 Å². The van der Waals surface area contributed by atoms with Crippen LogP contribution in [0.25, 0.3) is 16.8 Å². The number of hydrogen-bond donors (Lipinski definition) is 1. The molecule has 0 radical (unpaired) electrons. The van der Waals surface area contributed by atoms with Crippen LogP contribution < -0.4 is 0 Å². The molecule has 2 aliphatic rings. The van der Waals surface area contributed by atoms with Crippen molar-refractivity contribution in [2.45, 2.75) is 38.5 Å².